The summed E-state index contributed by atoms with van der Waals surface area (Å²) in [6.45, 7) is 0.0805. The van der Waals surface area contributed by atoms with Gasteiger partial charge in [0.15, 0.2) is 10.4 Å². The quantitative estimate of drug-likeness (QED) is 0.523. The van der Waals surface area contributed by atoms with Gasteiger partial charge in [0.1, 0.15) is 5.82 Å². The number of hydrogen-bond acceptors (Lipinski definition) is 3. The molecule has 2 aromatic carbocycles. The Morgan fingerprint density at radius 2 is 1.86 bits per heavy atom. The molecule has 0 aliphatic rings. The standard InChI is InChI=1S/C21H17BrClFN2O3/c1-26(12-15-16(23)3-2-4-17(15)24)20(27)11-13-5-7-14(8-6-13)25-21(28)18-9-10-19(22)29-18/h2-10H,11-12H2,1H3,(H,25,28). The molecule has 0 atom stereocenters. The summed E-state index contributed by atoms with van der Waals surface area (Å²) in [7, 11) is 1.60. The Hall–Kier alpha value is -2.64. The molecule has 0 saturated carbocycles. The second kappa shape index (κ2) is 9.24. The summed E-state index contributed by atoms with van der Waals surface area (Å²) >= 11 is 9.17. The second-order valence-electron chi connectivity index (χ2n) is 6.38. The summed E-state index contributed by atoms with van der Waals surface area (Å²) in [4.78, 5) is 26.0. The highest BCUT2D eigenvalue weighted by Crippen LogP contribution is 2.21. The highest BCUT2D eigenvalue weighted by Gasteiger charge is 2.15. The topological polar surface area (TPSA) is 62.6 Å². The van der Waals surface area contributed by atoms with E-state index in [0.29, 0.717) is 10.4 Å². The summed E-state index contributed by atoms with van der Waals surface area (Å²) in [6, 6.07) is 14.5. The Kier molecular flexibility index (Phi) is 6.71. The van der Waals surface area contributed by atoms with Crippen LogP contribution < -0.4 is 5.32 Å². The number of benzene rings is 2. The monoisotopic (exact) mass is 478 g/mol. The van der Waals surface area contributed by atoms with Crippen LogP contribution >= 0.6 is 27.5 Å². The number of anilines is 1. The molecule has 0 aliphatic carbocycles. The van der Waals surface area contributed by atoms with Gasteiger partial charge in [-0.15, -0.1) is 0 Å². The Bertz CT molecular complexity index is 1020. The molecule has 0 radical (unpaired) electrons. The first-order chi connectivity index (χ1) is 13.8. The summed E-state index contributed by atoms with van der Waals surface area (Å²) in [5.41, 5.74) is 1.62. The van der Waals surface area contributed by atoms with E-state index in [1.165, 1.54) is 17.0 Å². The van der Waals surface area contributed by atoms with Gasteiger partial charge >= 0.3 is 0 Å². The van der Waals surface area contributed by atoms with Gasteiger partial charge in [-0.3, -0.25) is 9.59 Å². The van der Waals surface area contributed by atoms with Crippen molar-refractivity contribution in [2.45, 2.75) is 13.0 Å². The SMILES string of the molecule is CN(Cc1c(F)cccc1Cl)C(=O)Cc1ccc(NC(=O)c2ccc(Br)o2)cc1. The second-order valence-corrected chi connectivity index (χ2v) is 7.57. The van der Waals surface area contributed by atoms with Gasteiger partial charge in [-0.25, -0.2) is 4.39 Å². The van der Waals surface area contributed by atoms with Gasteiger partial charge in [0, 0.05) is 29.9 Å². The lowest BCUT2D eigenvalue weighted by atomic mass is 10.1. The van der Waals surface area contributed by atoms with Gasteiger partial charge in [-0.2, -0.15) is 0 Å². The van der Waals surface area contributed by atoms with E-state index in [0.717, 1.165) is 5.56 Å². The summed E-state index contributed by atoms with van der Waals surface area (Å²) < 4.78 is 19.6. The fourth-order valence-electron chi connectivity index (χ4n) is 2.65. The molecule has 1 heterocycles. The Labute approximate surface area is 180 Å². The first-order valence-electron chi connectivity index (χ1n) is 8.66. The number of hydrogen-bond donors (Lipinski definition) is 1. The third kappa shape index (κ3) is 5.46. The fraction of sp³-hybridized carbons (Fsp3) is 0.143. The molecule has 0 aliphatic heterocycles. The van der Waals surface area contributed by atoms with Gasteiger partial charge in [-0.05, 0) is 57.9 Å². The zero-order chi connectivity index (χ0) is 21.0. The lowest BCUT2D eigenvalue weighted by molar-refractivity contribution is -0.129. The van der Waals surface area contributed by atoms with Crippen LogP contribution in [0, 0.1) is 5.82 Å². The molecule has 5 nitrogen and oxygen atoms in total. The Morgan fingerprint density at radius 1 is 1.14 bits per heavy atom. The van der Waals surface area contributed by atoms with Crippen molar-refractivity contribution in [2.24, 2.45) is 0 Å². The number of carbonyl (C=O) groups excluding carboxylic acids is 2. The number of amides is 2. The maximum atomic E-state index is 13.9. The maximum absolute atomic E-state index is 13.9. The van der Waals surface area contributed by atoms with Crippen LogP contribution in [0.3, 0.4) is 0 Å². The van der Waals surface area contributed by atoms with E-state index in [9.17, 15) is 14.0 Å². The minimum Gasteiger partial charge on any atom is -0.444 e. The molecule has 29 heavy (non-hydrogen) atoms. The van der Waals surface area contributed by atoms with Crippen molar-refractivity contribution in [1.29, 1.82) is 0 Å². The molecular weight excluding hydrogens is 463 g/mol. The molecule has 0 bridgehead atoms. The van der Waals surface area contributed by atoms with E-state index in [1.54, 1.807) is 49.5 Å². The molecule has 3 rings (SSSR count). The van der Waals surface area contributed by atoms with Crippen LogP contribution in [-0.2, 0) is 17.8 Å². The first kappa shape index (κ1) is 21.1. The molecule has 1 N–H and O–H groups in total. The highest BCUT2D eigenvalue weighted by molar-refractivity contribution is 9.10. The average Bonchev–Trinajstić information content (AvgIpc) is 3.12. The van der Waals surface area contributed by atoms with Crippen molar-refractivity contribution >= 4 is 45.0 Å². The van der Waals surface area contributed by atoms with E-state index in [4.69, 9.17) is 16.0 Å². The number of nitrogens with zero attached hydrogens (tertiary/aromatic N) is 1. The molecule has 0 fully saturated rings. The number of likely N-dealkylation sites (N-methyl/N-ethyl adjacent to an activating group) is 1. The van der Waals surface area contributed by atoms with E-state index in [2.05, 4.69) is 21.2 Å². The number of nitrogens with one attached hydrogen (secondary N) is 1. The minimum absolute atomic E-state index is 0.0805. The number of halogens is 3. The van der Waals surface area contributed by atoms with E-state index < -0.39 is 5.82 Å². The van der Waals surface area contributed by atoms with Gasteiger partial charge in [0.2, 0.25) is 5.91 Å². The first-order valence-corrected chi connectivity index (χ1v) is 9.83. The van der Waals surface area contributed by atoms with Gasteiger partial charge < -0.3 is 14.6 Å². The molecule has 150 valence electrons. The predicted molar refractivity (Wildman–Crippen MR) is 112 cm³/mol. The Morgan fingerprint density at radius 3 is 2.48 bits per heavy atom. The molecule has 0 unspecified atom stereocenters. The number of furan rings is 1. The van der Waals surface area contributed by atoms with Crippen molar-refractivity contribution in [3.8, 4) is 0 Å². The highest BCUT2D eigenvalue weighted by atomic mass is 79.9. The molecule has 2 amide bonds. The van der Waals surface area contributed by atoms with Crippen LogP contribution in [0.4, 0.5) is 10.1 Å². The fourth-order valence-corrected chi connectivity index (χ4v) is 3.18. The third-order valence-corrected chi connectivity index (χ3v) is 5.03. The van der Waals surface area contributed by atoms with Crippen molar-refractivity contribution < 1.29 is 18.4 Å². The summed E-state index contributed by atoms with van der Waals surface area (Å²) in [6.07, 6.45) is 0.141. The Balaban J connectivity index is 1.58. The van der Waals surface area contributed by atoms with Gasteiger partial charge in [0.25, 0.3) is 5.91 Å². The van der Waals surface area contributed by atoms with Crippen molar-refractivity contribution in [1.82, 2.24) is 4.90 Å². The smallest absolute Gasteiger partial charge is 0.291 e. The zero-order valence-electron chi connectivity index (χ0n) is 15.4. The largest absolute Gasteiger partial charge is 0.444 e. The predicted octanol–water partition coefficient (Wildman–Crippen LogP) is 5.29. The van der Waals surface area contributed by atoms with Crippen LogP contribution in [0.2, 0.25) is 5.02 Å². The number of rotatable bonds is 6. The maximum Gasteiger partial charge on any atom is 0.291 e. The molecule has 1 aromatic heterocycles. The van der Waals surface area contributed by atoms with E-state index in [-0.39, 0.29) is 41.1 Å². The summed E-state index contributed by atoms with van der Waals surface area (Å²) in [5.74, 6) is -0.812. The van der Waals surface area contributed by atoms with E-state index in [1.807, 2.05) is 0 Å². The molecule has 3 aromatic rings. The molecule has 0 spiro atoms. The van der Waals surface area contributed by atoms with Crippen molar-refractivity contribution in [2.75, 3.05) is 12.4 Å². The van der Waals surface area contributed by atoms with Crippen molar-refractivity contribution in [3.05, 3.63) is 87.0 Å². The number of carbonyl (C=O) groups is 2. The minimum atomic E-state index is -0.444. The normalized spacial score (nSPS) is 10.6. The van der Waals surface area contributed by atoms with Gasteiger partial charge in [0.05, 0.1) is 6.42 Å². The van der Waals surface area contributed by atoms with Crippen LogP contribution in [0.1, 0.15) is 21.7 Å². The van der Waals surface area contributed by atoms with Crippen LogP contribution in [0.5, 0.6) is 0 Å². The average molecular weight is 480 g/mol. The third-order valence-electron chi connectivity index (χ3n) is 4.25. The molecule has 0 saturated heterocycles. The molecular formula is C21H17BrClFN2O3. The summed E-state index contributed by atoms with van der Waals surface area (Å²) in [5, 5.41) is 3.00. The van der Waals surface area contributed by atoms with Crippen molar-refractivity contribution in [3.63, 3.8) is 0 Å². The van der Waals surface area contributed by atoms with Crippen LogP contribution in [-0.4, -0.2) is 23.8 Å². The lowest BCUT2D eigenvalue weighted by Gasteiger charge is -2.18. The molecule has 8 heteroatoms. The van der Waals surface area contributed by atoms with E-state index >= 15 is 0 Å². The lowest BCUT2D eigenvalue weighted by Crippen LogP contribution is -2.28. The van der Waals surface area contributed by atoms with Gasteiger partial charge in [-0.1, -0.05) is 29.8 Å². The van der Waals surface area contributed by atoms with Crippen LogP contribution in [0.25, 0.3) is 0 Å². The van der Waals surface area contributed by atoms with Crippen LogP contribution in [0.15, 0.2) is 63.7 Å². The zero-order valence-corrected chi connectivity index (χ0v) is 17.8.